The van der Waals surface area contributed by atoms with Crippen LogP contribution in [0.5, 0.6) is 0 Å². The largest absolute Gasteiger partial charge is 0.476 e. The summed E-state index contributed by atoms with van der Waals surface area (Å²) < 4.78 is 6.02. The van der Waals surface area contributed by atoms with Gasteiger partial charge >= 0.3 is 18.0 Å². The van der Waals surface area contributed by atoms with E-state index < -0.39 is 12.0 Å². The molecule has 0 aromatic carbocycles. The van der Waals surface area contributed by atoms with Crippen LogP contribution in [0.1, 0.15) is 23.8 Å². The SMILES string of the molecule is CCOC(=O)CCNC(=O)NCCn1cc(C(=O)O)nn1. The molecule has 3 N–H and O–H groups in total. The second kappa shape index (κ2) is 8.51. The Hall–Kier alpha value is -2.65. The number of rotatable bonds is 8. The van der Waals surface area contributed by atoms with Gasteiger partial charge < -0.3 is 20.5 Å². The third-order valence-electron chi connectivity index (χ3n) is 2.30. The fourth-order valence-corrected chi connectivity index (χ4v) is 1.36. The number of carbonyl (C=O) groups excluding carboxylic acids is 2. The lowest BCUT2D eigenvalue weighted by Gasteiger charge is -2.07. The summed E-state index contributed by atoms with van der Waals surface area (Å²) >= 11 is 0. The molecule has 0 unspecified atom stereocenters. The molecule has 0 aliphatic rings. The molecule has 116 valence electrons. The smallest absolute Gasteiger partial charge is 0.358 e. The van der Waals surface area contributed by atoms with Crippen LogP contribution in [0.15, 0.2) is 6.20 Å². The second-order valence-electron chi connectivity index (χ2n) is 3.91. The molecule has 2 amide bonds. The molecule has 1 heterocycles. The monoisotopic (exact) mass is 299 g/mol. The quantitative estimate of drug-likeness (QED) is 0.536. The van der Waals surface area contributed by atoms with Crippen molar-refractivity contribution in [2.45, 2.75) is 19.9 Å². The summed E-state index contributed by atoms with van der Waals surface area (Å²) in [5, 5.41) is 20.7. The normalized spacial score (nSPS) is 9.95. The van der Waals surface area contributed by atoms with Crippen molar-refractivity contribution in [3.05, 3.63) is 11.9 Å². The summed E-state index contributed by atoms with van der Waals surface area (Å²) in [4.78, 5) is 33.0. The molecule has 0 spiro atoms. The highest BCUT2D eigenvalue weighted by molar-refractivity contribution is 5.84. The number of carboxylic acids is 1. The first-order valence-corrected chi connectivity index (χ1v) is 6.33. The van der Waals surface area contributed by atoms with Gasteiger partial charge in [-0.15, -0.1) is 5.10 Å². The Bertz CT molecular complexity index is 501. The summed E-state index contributed by atoms with van der Waals surface area (Å²) in [5.74, 6) is -1.53. The van der Waals surface area contributed by atoms with Gasteiger partial charge in [0.1, 0.15) is 0 Å². The van der Waals surface area contributed by atoms with Crippen molar-refractivity contribution in [1.82, 2.24) is 25.6 Å². The molecule has 0 saturated heterocycles. The van der Waals surface area contributed by atoms with Gasteiger partial charge in [-0.25, -0.2) is 14.3 Å². The van der Waals surface area contributed by atoms with E-state index in [0.717, 1.165) is 0 Å². The van der Waals surface area contributed by atoms with Crippen molar-refractivity contribution in [3.63, 3.8) is 0 Å². The lowest BCUT2D eigenvalue weighted by Crippen LogP contribution is -2.38. The first-order chi connectivity index (χ1) is 10.0. The Morgan fingerprint density at radius 2 is 2.05 bits per heavy atom. The Morgan fingerprint density at radius 3 is 2.67 bits per heavy atom. The minimum absolute atomic E-state index is 0.103. The Morgan fingerprint density at radius 1 is 1.33 bits per heavy atom. The third kappa shape index (κ3) is 6.36. The number of urea groups is 1. The predicted octanol–water partition coefficient (Wildman–Crippen LogP) is -0.771. The fraction of sp³-hybridized carbons (Fsp3) is 0.545. The van der Waals surface area contributed by atoms with Crippen LogP contribution in [0.25, 0.3) is 0 Å². The molecule has 0 radical (unpaired) electrons. The summed E-state index contributed by atoms with van der Waals surface area (Å²) in [6.45, 7) is 2.72. The number of hydrogen-bond donors (Lipinski definition) is 3. The van der Waals surface area contributed by atoms with Gasteiger partial charge in [-0.05, 0) is 6.92 Å². The predicted molar refractivity (Wildman–Crippen MR) is 69.6 cm³/mol. The first kappa shape index (κ1) is 16.4. The standard InChI is InChI=1S/C11H17N5O5/c1-2-21-9(17)3-4-12-11(20)13-5-6-16-7-8(10(18)19)14-15-16/h7H,2-6H2,1H3,(H,18,19)(H2,12,13,20). The van der Waals surface area contributed by atoms with Gasteiger partial charge in [-0.2, -0.15) is 0 Å². The highest BCUT2D eigenvalue weighted by Gasteiger charge is 2.08. The van der Waals surface area contributed by atoms with Gasteiger partial charge in [-0.3, -0.25) is 4.79 Å². The van der Waals surface area contributed by atoms with Crippen LogP contribution in [0, 0.1) is 0 Å². The van der Waals surface area contributed by atoms with Crippen LogP contribution >= 0.6 is 0 Å². The molecule has 0 aliphatic heterocycles. The maximum atomic E-state index is 11.4. The van der Waals surface area contributed by atoms with Gasteiger partial charge in [0.25, 0.3) is 0 Å². The summed E-state index contributed by atoms with van der Waals surface area (Å²) in [6.07, 6.45) is 1.37. The van der Waals surface area contributed by atoms with Crippen molar-refractivity contribution in [2.24, 2.45) is 0 Å². The van der Waals surface area contributed by atoms with Crippen molar-refractivity contribution in [2.75, 3.05) is 19.7 Å². The molecule has 1 aromatic heterocycles. The fourth-order valence-electron chi connectivity index (χ4n) is 1.36. The molecule has 10 nitrogen and oxygen atoms in total. The van der Waals surface area contributed by atoms with Gasteiger partial charge in [-0.1, -0.05) is 5.21 Å². The Balaban J connectivity index is 2.15. The maximum absolute atomic E-state index is 11.4. The third-order valence-corrected chi connectivity index (χ3v) is 2.30. The molecule has 0 atom stereocenters. The average Bonchev–Trinajstić information content (AvgIpc) is 2.88. The zero-order valence-electron chi connectivity index (χ0n) is 11.5. The van der Waals surface area contributed by atoms with Crippen molar-refractivity contribution in [3.8, 4) is 0 Å². The number of aromatic nitrogens is 3. The molecule has 21 heavy (non-hydrogen) atoms. The van der Waals surface area contributed by atoms with Crippen molar-refractivity contribution in [1.29, 1.82) is 0 Å². The van der Waals surface area contributed by atoms with E-state index >= 15 is 0 Å². The van der Waals surface area contributed by atoms with Crippen LogP contribution in [-0.4, -0.2) is 57.8 Å². The minimum atomic E-state index is -1.16. The molecular formula is C11H17N5O5. The summed E-state index contributed by atoms with van der Waals surface area (Å²) in [5.41, 5.74) is -0.158. The number of nitrogens with zero attached hydrogens (tertiary/aromatic N) is 3. The maximum Gasteiger partial charge on any atom is 0.358 e. The Labute approximate surface area is 120 Å². The lowest BCUT2D eigenvalue weighted by molar-refractivity contribution is -0.142. The summed E-state index contributed by atoms with van der Waals surface area (Å²) in [7, 11) is 0. The van der Waals surface area contributed by atoms with E-state index in [1.807, 2.05) is 0 Å². The average molecular weight is 299 g/mol. The molecule has 1 aromatic rings. The van der Waals surface area contributed by atoms with Gasteiger partial charge in [0.15, 0.2) is 5.69 Å². The molecule has 1 rings (SSSR count). The first-order valence-electron chi connectivity index (χ1n) is 6.33. The number of nitrogens with one attached hydrogen (secondary N) is 2. The number of carboxylic acid groups (broad SMARTS) is 1. The number of hydrogen-bond acceptors (Lipinski definition) is 6. The molecular weight excluding hydrogens is 282 g/mol. The molecule has 10 heteroatoms. The highest BCUT2D eigenvalue weighted by Crippen LogP contribution is 1.91. The number of aromatic carboxylic acids is 1. The van der Waals surface area contributed by atoms with E-state index in [1.54, 1.807) is 6.92 Å². The number of carbonyl (C=O) groups is 3. The number of amides is 2. The lowest BCUT2D eigenvalue weighted by atomic mass is 10.4. The zero-order valence-corrected chi connectivity index (χ0v) is 11.5. The van der Waals surface area contributed by atoms with Crippen molar-refractivity contribution >= 4 is 18.0 Å². The zero-order chi connectivity index (χ0) is 15.7. The van der Waals surface area contributed by atoms with E-state index in [4.69, 9.17) is 9.84 Å². The molecule has 0 aliphatic carbocycles. The number of esters is 1. The van der Waals surface area contributed by atoms with E-state index in [0.29, 0.717) is 6.61 Å². The van der Waals surface area contributed by atoms with Gasteiger partial charge in [0, 0.05) is 13.1 Å². The highest BCUT2D eigenvalue weighted by atomic mass is 16.5. The van der Waals surface area contributed by atoms with E-state index in [9.17, 15) is 14.4 Å². The van der Waals surface area contributed by atoms with Crippen molar-refractivity contribution < 1.29 is 24.2 Å². The van der Waals surface area contributed by atoms with Crippen LogP contribution in [-0.2, 0) is 16.1 Å². The van der Waals surface area contributed by atoms with E-state index in [-0.39, 0.29) is 37.7 Å². The van der Waals surface area contributed by atoms with Gasteiger partial charge in [0.05, 0.1) is 25.8 Å². The van der Waals surface area contributed by atoms with Crippen LogP contribution in [0.3, 0.4) is 0 Å². The molecule has 0 fully saturated rings. The van der Waals surface area contributed by atoms with Crippen LogP contribution in [0.2, 0.25) is 0 Å². The Kier molecular flexibility index (Phi) is 6.65. The molecule has 0 bridgehead atoms. The second-order valence-corrected chi connectivity index (χ2v) is 3.91. The van der Waals surface area contributed by atoms with Crippen LogP contribution in [0.4, 0.5) is 4.79 Å². The van der Waals surface area contributed by atoms with Crippen LogP contribution < -0.4 is 10.6 Å². The number of ether oxygens (including phenoxy) is 1. The minimum Gasteiger partial charge on any atom is -0.476 e. The topological polar surface area (TPSA) is 135 Å². The van der Waals surface area contributed by atoms with E-state index in [1.165, 1.54) is 10.9 Å². The summed E-state index contributed by atoms with van der Waals surface area (Å²) in [6, 6.07) is -0.433. The van der Waals surface area contributed by atoms with E-state index in [2.05, 4.69) is 20.9 Å². The molecule has 0 saturated carbocycles. The van der Waals surface area contributed by atoms with Gasteiger partial charge in [0.2, 0.25) is 0 Å².